The number of hydrogen-bond donors (Lipinski definition) is 1. The first-order valence-corrected chi connectivity index (χ1v) is 7.75. The maximum absolute atomic E-state index is 13.6. The van der Waals surface area contributed by atoms with E-state index in [1.54, 1.807) is 12.1 Å². The summed E-state index contributed by atoms with van der Waals surface area (Å²) in [7, 11) is 1.44. The van der Waals surface area contributed by atoms with Gasteiger partial charge in [0.25, 0.3) is 0 Å². The maximum Gasteiger partial charge on any atom is 0.163 e. The van der Waals surface area contributed by atoms with Gasteiger partial charge in [0.2, 0.25) is 0 Å². The van der Waals surface area contributed by atoms with E-state index in [-0.39, 0.29) is 17.7 Å². The largest absolute Gasteiger partial charge is 0.493 e. The van der Waals surface area contributed by atoms with Crippen molar-refractivity contribution in [3.8, 4) is 11.5 Å². The highest BCUT2D eigenvalue weighted by Crippen LogP contribution is 2.34. The van der Waals surface area contributed by atoms with Crippen LogP contribution >= 0.6 is 0 Å². The molecule has 128 valence electrons. The molecule has 0 bridgehead atoms. The normalized spacial score (nSPS) is 18.9. The quantitative estimate of drug-likeness (QED) is 0.912. The molecule has 0 aliphatic carbocycles. The van der Waals surface area contributed by atoms with E-state index in [1.807, 2.05) is 0 Å². The Bertz CT molecular complexity index is 690. The second-order valence-electron chi connectivity index (χ2n) is 5.50. The average molecular weight is 335 g/mol. The Morgan fingerprint density at radius 1 is 1.12 bits per heavy atom. The fourth-order valence-corrected chi connectivity index (χ4v) is 2.70. The Hall–Kier alpha value is -2.18. The molecule has 2 atom stereocenters. The first-order valence-electron chi connectivity index (χ1n) is 7.75. The molecule has 6 heteroatoms. The predicted octanol–water partition coefficient (Wildman–Crippen LogP) is 3.08. The molecule has 3 rings (SSSR count). The van der Waals surface area contributed by atoms with Crippen molar-refractivity contribution in [2.75, 3.05) is 26.8 Å². The molecule has 1 heterocycles. The molecule has 0 spiro atoms. The van der Waals surface area contributed by atoms with Crippen LogP contribution in [0.2, 0.25) is 0 Å². The molecular formula is C18H19F2NO3. The Morgan fingerprint density at radius 3 is 2.67 bits per heavy atom. The summed E-state index contributed by atoms with van der Waals surface area (Å²) in [4.78, 5) is 0. The summed E-state index contributed by atoms with van der Waals surface area (Å²) in [6.07, 6.45) is -0.844. The van der Waals surface area contributed by atoms with Crippen LogP contribution in [0.5, 0.6) is 11.5 Å². The molecule has 1 N–H and O–H groups in total. The number of ether oxygens (including phenoxy) is 3. The minimum absolute atomic E-state index is 0.278. The molecule has 4 nitrogen and oxygen atoms in total. The highest BCUT2D eigenvalue weighted by atomic mass is 19.1. The van der Waals surface area contributed by atoms with Crippen LogP contribution < -0.4 is 14.8 Å². The Kier molecular flexibility index (Phi) is 5.27. The van der Waals surface area contributed by atoms with E-state index in [9.17, 15) is 8.78 Å². The second kappa shape index (κ2) is 7.59. The molecule has 1 aliphatic heterocycles. The van der Waals surface area contributed by atoms with Crippen LogP contribution in [0, 0.1) is 11.6 Å². The average Bonchev–Trinajstić information content (AvgIpc) is 2.61. The van der Waals surface area contributed by atoms with Gasteiger partial charge in [-0.3, -0.25) is 0 Å². The zero-order valence-electron chi connectivity index (χ0n) is 13.3. The third-order valence-corrected chi connectivity index (χ3v) is 3.85. The van der Waals surface area contributed by atoms with Crippen molar-refractivity contribution >= 4 is 0 Å². The zero-order valence-corrected chi connectivity index (χ0v) is 13.3. The summed E-state index contributed by atoms with van der Waals surface area (Å²) in [6.45, 7) is 1.87. The van der Waals surface area contributed by atoms with Crippen molar-refractivity contribution in [3.05, 3.63) is 59.7 Å². The van der Waals surface area contributed by atoms with E-state index in [0.29, 0.717) is 24.5 Å². The van der Waals surface area contributed by atoms with Gasteiger partial charge in [0, 0.05) is 19.2 Å². The molecule has 1 aliphatic rings. The van der Waals surface area contributed by atoms with Gasteiger partial charge in [-0.05, 0) is 29.8 Å². The number of benzene rings is 2. The van der Waals surface area contributed by atoms with Crippen LogP contribution in [-0.2, 0) is 4.74 Å². The molecule has 1 fully saturated rings. The summed E-state index contributed by atoms with van der Waals surface area (Å²) in [5.74, 6) is -0.115. The van der Waals surface area contributed by atoms with E-state index in [2.05, 4.69) is 5.32 Å². The van der Waals surface area contributed by atoms with E-state index < -0.39 is 11.9 Å². The molecule has 0 radical (unpaired) electrons. The van der Waals surface area contributed by atoms with Crippen molar-refractivity contribution in [1.29, 1.82) is 0 Å². The second-order valence-corrected chi connectivity index (χ2v) is 5.50. The Balaban J connectivity index is 1.92. The van der Waals surface area contributed by atoms with E-state index in [0.717, 1.165) is 6.54 Å². The lowest BCUT2D eigenvalue weighted by Gasteiger charge is -2.32. The van der Waals surface area contributed by atoms with E-state index in [1.165, 1.54) is 37.4 Å². The van der Waals surface area contributed by atoms with Gasteiger partial charge < -0.3 is 19.5 Å². The summed E-state index contributed by atoms with van der Waals surface area (Å²) >= 11 is 0. The number of halogens is 2. The molecule has 1 saturated heterocycles. The van der Waals surface area contributed by atoms with Crippen molar-refractivity contribution in [1.82, 2.24) is 5.32 Å². The zero-order chi connectivity index (χ0) is 16.9. The molecule has 24 heavy (non-hydrogen) atoms. The smallest absolute Gasteiger partial charge is 0.163 e. The summed E-state index contributed by atoms with van der Waals surface area (Å²) in [6, 6.07) is 10.2. The van der Waals surface area contributed by atoms with Crippen LogP contribution in [0.1, 0.15) is 11.7 Å². The lowest BCUT2D eigenvalue weighted by Crippen LogP contribution is -2.43. The first-order chi connectivity index (χ1) is 11.7. The number of methoxy groups -OCH3 is 1. The third-order valence-electron chi connectivity index (χ3n) is 3.85. The summed E-state index contributed by atoms with van der Waals surface area (Å²) in [5, 5.41) is 3.23. The lowest BCUT2D eigenvalue weighted by molar-refractivity contribution is -0.0439. The third kappa shape index (κ3) is 3.83. The van der Waals surface area contributed by atoms with Crippen LogP contribution in [0.4, 0.5) is 8.78 Å². The fourth-order valence-electron chi connectivity index (χ4n) is 2.70. The van der Waals surface area contributed by atoms with Crippen molar-refractivity contribution in [2.45, 2.75) is 12.2 Å². The lowest BCUT2D eigenvalue weighted by atomic mass is 10.0. The number of morpholine rings is 1. The van der Waals surface area contributed by atoms with Crippen molar-refractivity contribution < 1.29 is 23.0 Å². The predicted molar refractivity (Wildman–Crippen MR) is 85.3 cm³/mol. The highest BCUT2D eigenvalue weighted by molar-refractivity contribution is 5.40. The van der Waals surface area contributed by atoms with Gasteiger partial charge in [-0.2, -0.15) is 0 Å². The molecule has 2 unspecified atom stereocenters. The number of rotatable bonds is 5. The van der Waals surface area contributed by atoms with Gasteiger partial charge >= 0.3 is 0 Å². The highest BCUT2D eigenvalue weighted by Gasteiger charge is 2.29. The molecule has 0 saturated carbocycles. The van der Waals surface area contributed by atoms with Crippen LogP contribution in [-0.4, -0.2) is 32.9 Å². The van der Waals surface area contributed by atoms with E-state index >= 15 is 0 Å². The Morgan fingerprint density at radius 2 is 1.96 bits per heavy atom. The number of nitrogens with one attached hydrogen (secondary N) is 1. The molecular weight excluding hydrogens is 316 g/mol. The van der Waals surface area contributed by atoms with Crippen LogP contribution in [0.3, 0.4) is 0 Å². The van der Waals surface area contributed by atoms with Gasteiger partial charge in [0.1, 0.15) is 17.7 Å². The summed E-state index contributed by atoms with van der Waals surface area (Å²) in [5.41, 5.74) is 0.648. The van der Waals surface area contributed by atoms with Gasteiger partial charge in [-0.1, -0.05) is 12.1 Å². The van der Waals surface area contributed by atoms with Crippen LogP contribution in [0.15, 0.2) is 42.5 Å². The van der Waals surface area contributed by atoms with Crippen LogP contribution in [0.25, 0.3) is 0 Å². The first kappa shape index (κ1) is 16.7. The van der Waals surface area contributed by atoms with Crippen molar-refractivity contribution in [2.24, 2.45) is 0 Å². The van der Waals surface area contributed by atoms with Crippen molar-refractivity contribution in [3.63, 3.8) is 0 Å². The van der Waals surface area contributed by atoms with Gasteiger partial charge in [0.05, 0.1) is 13.7 Å². The Labute approximate surface area is 139 Å². The van der Waals surface area contributed by atoms with E-state index in [4.69, 9.17) is 14.2 Å². The number of hydrogen-bond acceptors (Lipinski definition) is 4. The minimum atomic E-state index is -0.548. The van der Waals surface area contributed by atoms with Gasteiger partial charge in [-0.15, -0.1) is 0 Å². The monoisotopic (exact) mass is 335 g/mol. The standard InChI is InChI=1S/C18H19F2NO3/c1-22-16-10-14(20)5-6-15(16)24-18(17-11-21-7-8-23-17)12-3-2-4-13(19)9-12/h2-6,9-10,17-18,21H,7-8,11H2,1H3. The minimum Gasteiger partial charge on any atom is -0.493 e. The van der Waals surface area contributed by atoms with Gasteiger partial charge in [0.15, 0.2) is 17.6 Å². The molecule has 0 amide bonds. The fraction of sp³-hybridized carbons (Fsp3) is 0.333. The topological polar surface area (TPSA) is 39.7 Å². The van der Waals surface area contributed by atoms with Gasteiger partial charge in [-0.25, -0.2) is 8.78 Å². The maximum atomic E-state index is 13.6. The SMILES string of the molecule is COc1cc(F)ccc1OC(c1cccc(F)c1)C1CNCCO1. The summed E-state index contributed by atoms with van der Waals surface area (Å²) < 4.78 is 44.0. The molecule has 0 aromatic heterocycles. The molecule has 2 aromatic carbocycles. The molecule has 2 aromatic rings.